The SMILES string of the molecule is O=C(Nc1ccc(Cl)c(Br)c1)c1ccc2c(c1)OCCO2. The molecule has 0 radical (unpaired) electrons. The maximum absolute atomic E-state index is 12.2. The minimum atomic E-state index is -0.221. The third-order valence-corrected chi connectivity index (χ3v) is 4.20. The van der Waals surface area contributed by atoms with Crippen LogP contribution in [0.2, 0.25) is 5.02 Å². The molecule has 4 nitrogen and oxygen atoms in total. The molecule has 108 valence electrons. The van der Waals surface area contributed by atoms with Gasteiger partial charge in [0.25, 0.3) is 5.91 Å². The minimum Gasteiger partial charge on any atom is -0.486 e. The fourth-order valence-corrected chi connectivity index (χ4v) is 2.46. The molecule has 2 aromatic carbocycles. The zero-order valence-electron chi connectivity index (χ0n) is 10.9. The molecule has 0 saturated heterocycles. The first-order valence-corrected chi connectivity index (χ1v) is 7.46. The number of benzene rings is 2. The van der Waals surface area contributed by atoms with Gasteiger partial charge < -0.3 is 14.8 Å². The van der Waals surface area contributed by atoms with Crippen molar-refractivity contribution in [2.45, 2.75) is 0 Å². The molecule has 21 heavy (non-hydrogen) atoms. The molecular weight excluding hydrogens is 358 g/mol. The third-order valence-electron chi connectivity index (χ3n) is 2.98. The van der Waals surface area contributed by atoms with Gasteiger partial charge in [0.05, 0.1) is 5.02 Å². The molecule has 1 aliphatic rings. The first-order valence-electron chi connectivity index (χ1n) is 6.29. The number of carbonyl (C=O) groups excluding carboxylic acids is 1. The van der Waals surface area contributed by atoms with Gasteiger partial charge in [-0.1, -0.05) is 11.6 Å². The Labute approximate surface area is 135 Å². The van der Waals surface area contributed by atoms with Gasteiger partial charge in [-0.25, -0.2) is 0 Å². The summed E-state index contributed by atoms with van der Waals surface area (Å²) in [6.45, 7) is 1.01. The van der Waals surface area contributed by atoms with Crippen molar-refractivity contribution in [2.75, 3.05) is 18.5 Å². The van der Waals surface area contributed by atoms with Gasteiger partial charge in [-0.2, -0.15) is 0 Å². The van der Waals surface area contributed by atoms with Crippen LogP contribution in [0.3, 0.4) is 0 Å². The van der Waals surface area contributed by atoms with E-state index in [4.69, 9.17) is 21.1 Å². The summed E-state index contributed by atoms with van der Waals surface area (Å²) in [7, 11) is 0. The molecule has 0 aliphatic carbocycles. The second-order valence-electron chi connectivity index (χ2n) is 4.44. The first kappa shape index (κ1) is 14.2. The van der Waals surface area contributed by atoms with Crippen molar-refractivity contribution >= 4 is 39.1 Å². The van der Waals surface area contributed by atoms with Crippen molar-refractivity contribution in [3.8, 4) is 11.5 Å². The van der Waals surface area contributed by atoms with E-state index in [1.165, 1.54) is 0 Å². The Kier molecular flexibility index (Phi) is 4.03. The van der Waals surface area contributed by atoms with Crippen LogP contribution < -0.4 is 14.8 Å². The number of rotatable bonds is 2. The molecule has 0 spiro atoms. The van der Waals surface area contributed by atoms with Crippen LogP contribution in [0.15, 0.2) is 40.9 Å². The van der Waals surface area contributed by atoms with E-state index in [-0.39, 0.29) is 5.91 Å². The summed E-state index contributed by atoms with van der Waals surface area (Å²) in [5, 5.41) is 3.40. The average Bonchev–Trinajstić information content (AvgIpc) is 2.50. The van der Waals surface area contributed by atoms with Crippen molar-refractivity contribution in [2.24, 2.45) is 0 Å². The Morgan fingerprint density at radius 3 is 2.62 bits per heavy atom. The number of hydrogen-bond acceptors (Lipinski definition) is 3. The summed E-state index contributed by atoms with van der Waals surface area (Å²) in [5.74, 6) is 1.03. The fraction of sp³-hybridized carbons (Fsp3) is 0.133. The van der Waals surface area contributed by atoms with Crippen molar-refractivity contribution in [3.63, 3.8) is 0 Å². The van der Waals surface area contributed by atoms with Crippen LogP contribution in [0.4, 0.5) is 5.69 Å². The van der Waals surface area contributed by atoms with E-state index in [1.807, 2.05) is 0 Å². The van der Waals surface area contributed by atoms with Crippen LogP contribution in [0, 0.1) is 0 Å². The van der Waals surface area contributed by atoms with Crippen molar-refractivity contribution < 1.29 is 14.3 Å². The molecule has 0 saturated carbocycles. The molecule has 1 amide bonds. The van der Waals surface area contributed by atoms with E-state index in [0.29, 0.717) is 41.0 Å². The maximum Gasteiger partial charge on any atom is 0.255 e. The Morgan fingerprint density at radius 2 is 1.86 bits per heavy atom. The Morgan fingerprint density at radius 1 is 1.10 bits per heavy atom. The van der Waals surface area contributed by atoms with Gasteiger partial charge in [-0.05, 0) is 52.3 Å². The molecule has 0 unspecified atom stereocenters. The highest BCUT2D eigenvalue weighted by atomic mass is 79.9. The largest absolute Gasteiger partial charge is 0.486 e. The standard InChI is InChI=1S/C15H11BrClNO3/c16-11-8-10(2-3-12(11)17)18-15(19)9-1-4-13-14(7-9)21-6-5-20-13/h1-4,7-8H,5-6H2,(H,18,19). The minimum absolute atomic E-state index is 0.221. The summed E-state index contributed by atoms with van der Waals surface area (Å²) in [6, 6.07) is 10.3. The number of amides is 1. The summed E-state index contributed by atoms with van der Waals surface area (Å²) >= 11 is 9.25. The molecule has 3 rings (SSSR count). The van der Waals surface area contributed by atoms with E-state index >= 15 is 0 Å². The maximum atomic E-state index is 12.2. The van der Waals surface area contributed by atoms with Crippen molar-refractivity contribution in [1.82, 2.24) is 0 Å². The summed E-state index contributed by atoms with van der Waals surface area (Å²) in [6.07, 6.45) is 0. The normalized spacial score (nSPS) is 12.9. The first-order chi connectivity index (χ1) is 10.1. The van der Waals surface area contributed by atoms with Crippen molar-refractivity contribution in [1.29, 1.82) is 0 Å². The molecule has 6 heteroatoms. The van der Waals surface area contributed by atoms with Crippen LogP contribution in [-0.4, -0.2) is 19.1 Å². The number of fused-ring (bicyclic) bond motifs is 1. The average molecular weight is 369 g/mol. The molecule has 1 aliphatic heterocycles. The van der Waals surface area contributed by atoms with Crippen molar-refractivity contribution in [3.05, 3.63) is 51.5 Å². The lowest BCUT2D eigenvalue weighted by Gasteiger charge is -2.18. The molecule has 1 heterocycles. The van der Waals surface area contributed by atoms with E-state index in [1.54, 1.807) is 36.4 Å². The van der Waals surface area contributed by atoms with E-state index in [2.05, 4.69) is 21.2 Å². The van der Waals surface area contributed by atoms with Gasteiger partial charge in [0.1, 0.15) is 13.2 Å². The Hall–Kier alpha value is -1.72. The highest BCUT2D eigenvalue weighted by Gasteiger charge is 2.15. The monoisotopic (exact) mass is 367 g/mol. The second-order valence-corrected chi connectivity index (χ2v) is 5.70. The molecule has 2 aromatic rings. The van der Waals surface area contributed by atoms with Crippen LogP contribution in [0.5, 0.6) is 11.5 Å². The Balaban J connectivity index is 1.80. The van der Waals surface area contributed by atoms with Crippen LogP contribution in [0.25, 0.3) is 0 Å². The van der Waals surface area contributed by atoms with Gasteiger partial charge in [0.2, 0.25) is 0 Å². The number of carbonyl (C=O) groups is 1. The Bertz CT molecular complexity index is 705. The van der Waals surface area contributed by atoms with Crippen LogP contribution in [0.1, 0.15) is 10.4 Å². The topological polar surface area (TPSA) is 47.6 Å². The van der Waals surface area contributed by atoms with E-state index in [0.717, 1.165) is 4.47 Å². The molecule has 0 bridgehead atoms. The van der Waals surface area contributed by atoms with E-state index in [9.17, 15) is 4.79 Å². The summed E-state index contributed by atoms with van der Waals surface area (Å²) < 4.78 is 11.6. The molecule has 0 atom stereocenters. The lowest BCUT2D eigenvalue weighted by atomic mass is 10.1. The van der Waals surface area contributed by atoms with Gasteiger partial charge in [0.15, 0.2) is 11.5 Å². The summed E-state index contributed by atoms with van der Waals surface area (Å²) in [5.41, 5.74) is 1.16. The van der Waals surface area contributed by atoms with Gasteiger partial charge >= 0.3 is 0 Å². The second kappa shape index (κ2) is 5.95. The highest BCUT2D eigenvalue weighted by molar-refractivity contribution is 9.10. The fourth-order valence-electron chi connectivity index (χ4n) is 1.96. The molecule has 0 fully saturated rings. The van der Waals surface area contributed by atoms with Gasteiger partial charge in [-0.3, -0.25) is 4.79 Å². The number of nitrogens with one attached hydrogen (secondary N) is 1. The molecule has 0 aromatic heterocycles. The quantitative estimate of drug-likeness (QED) is 0.867. The van der Waals surface area contributed by atoms with E-state index < -0.39 is 0 Å². The zero-order valence-corrected chi connectivity index (χ0v) is 13.2. The van der Waals surface area contributed by atoms with Gasteiger partial charge in [-0.15, -0.1) is 0 Å². The number of halogens is 2. The molecule has 1 N–H and O–H groups in total. The predicted octanol–water partition coefficient (Wildman–Crippen LogP) is 4.13. The predicted molar refractivity (Wildman–Crippen MR) is 84.5 cm³/mol. The number of anilines is 1. The van der Waals surface area contributed by atoms with Gasteiger partial charge in [0, 0.05) is 15.7 Å². The molecular formula is C15H11BrClNO3. The van der Waals surface area contributed by atoms with Crippen LogP contribution >= 0.6 is 27.5 Å². The van der Waals surface area contributed by atoms with Crippen LogP contribution in [-0.2, 0) is 0 Å². The third kappa shape index (κ3) is 3.14. The number of ether oxygens (including phenoxy) is 2. The summed E-state index contributed by atoms with van der Waals surface area (Å²) in [4.78, 5) is 12.2. The number of hydrogen-bond donors (Lipinski definition) is 1. The lowest BCUT2D eigenvalue weighted by Crippen LogP contribution is -2.17. The lowest BCUT2D eigenvalue weighted by molar-refractivity contribution is 0.102. The smallest absolute Gasteiger partial charge is 0.255 e. The zero-order chi connectivity index (χ0) is 14.8. The highest BCUT2D eigenvalue weighted by Crippen LogP contribution is 2.31.